The van der Waals surface area contributed by atoms with Crippen LogP contribution in [0.3, 0.4) is 0 Å². The maximum Gasteiger partial charge on any atom is 0.326 e. The van der Waals surface area contributed by atoms with E-state index in [4.69, 9.17) is 16.6 Å². The summed E-state index contributed by atoms with van der Waals surface area (Å²) in [5.74, 6) is -5.05. The molecule has 0 aromatic carbocycles. The van der Waals surface area contributed by atoms with Crippen molar-refractivity contribution in [3.8, 4) is 0 Å². The zero-order valence-corrected chi connectivity index (χ0v) is 21.0. The molecule has 0 fully saturated rings. The van der Waals surface area contributed by atoms with E-state index in [9.17, 15) is 33.9 Å². The van der Waals surface area contributed by atoms with Crippen LogP contribution in [0.4, 0.5) is 0 Å². The van der Waals surface area contributed by atoms with Crippen molar-refractivity contribution in [2.75, 3.05) is 13.1 Å². The lowest BCUT2D eigenvalue weighted by Crippen LogP contribution is -2.55. The molecule has 0 aliphatic carbocycles. The third-order valence-corrected chi connectivity index (χ3v) is 5.10. The first-order valence-corrected chi connectivity index (χ1v) is 11.9. The molecule has 14 heteroatoms. The molecule has 10 N–H and O–H groups in total. The van der Waals surface area contributed by atoms with Crippen LogP contribution < -0.4 is 32.7 Å². The minimum absolute atomic E-state index is 0.0110. The molecule has 0 aromatic heterocycles. The fourth-order valence-corrected chi connectivity index (χ4v) is 3.08. The van der Waals surface area contributed by atoms with Gasteiger partial charge in [0.2, 0.25) is 23.6 Å². The van der Waals surface area contributed by atoms with Gasteiger partial charge in [-0.2, -0.15) is 0 Å². The highest BCUT2D eigenvalue weighted by Crippen LogP contribution is 2.06. The minimum Gasteiger partial charge on any atom is -0.481 e. The number of nitrogens with one attached hydrogen (secondary N) is 4. The van der Waals surface area contributed by atoms with Gasteiger partial charge in [-0.3, -0.25) is 24.0 Å². The number of nitrogens with two attached hydrogens (primary N) is 2. The molecule has 4 atom stereocenters. The minimum atomic E-state index is -1.20. The number of carboxylic acids is 2. The zero-order valence-electron chi connectivity index (χ0n) is 21.0. The van der Waals surface area contributed by atoms with Gasteiger partial charge in [0.15, 0.2) is 0 Å². The fraction of sp³-hybridized carbons (Fsp3) is 0.727. The van der Waals surface area contributed by atoms with Gasteiger partial charge in [-0.25, -0.2) is 4.79 Å². The summed E-state index contributed by atoms with van der Waals surface area (Å²) in [5.41, 5.74) is 11.0. The Bertz CT molecular complexity index is 776. The summed E-state index contributed by atoms with van der Waals surface area (Å²) in [6.07, 6.45) is 1.14. The van der Waals surface area contributed by atoms with Crippen molar-refractivity contribution >= 4 is 35.6 Å². The number of rotatable bonds is 18. The Morgan fingerprint density at radius 3 is 1.97 bits per heavy atom. The third-order valence-electron chi connectivity index (χ3n) is 5.10. The molecule has 0 bridgehead atoms. The maximum atomic E-state index is 12.7. The highest BCUT2D eigenvalue weighted by molar-refractivity contribution is 5.94. The summed E-state index contributed by atoms with van der Waals surface area (Å²) >= 11 is 0. The molecule has 0 heterocycles. The number of aliphatic carboxylic acids is 2. The van der Waals surface area contributed by atoms with Gasteiger partial charge in [0.05, 0.1) is 12.6 Å². The standard InChI is InChI=1S/C22H40N6O8/c1-12(2)10-16(28-19(32)13(3)26-20(33)14(24)7-8-18(30)31)21(34)25-11-17(29)27-15(22(35)36)6-4-5-9-23/h12-16H,4-11,23-24H2,1-3H3,(H,25,34)(H,26,33)(H,27,29)(H,28,32)(H,30,31)(H,35,36). The molecule has 0 saturated heterocycles. The summed E-state index contributed by atoms with van der Waals surface area (Å²) in [4.78, 5) is 71.4. The Kier molecular flexibility index (Phi) is 15.7. The number of hydrogen-bond acceptors (Lipinski definition) is 8. The van der Waals surface area contributed by atoms with Crippen molar-refractivity contribution in [1.29, 1.82) is 0 Å². The normalized spacial score (nSPS) is 14.2. The van der Waals surface area contributed by atoms with Crippen molar-refractivity contribution in [3.05, 3.63) is 0 Å². The molecule has 0 aliphatic heterocycles. The Hall–Kier alpha value is -3.26. The first kappa shape index (κ1) is 32.7. The molecule has 0 saturated carbocycles. The summed E-state index contributed by atoms with van der Waals surface area (Å²) in [6.45, 7) is 4.94. The Labute approximate surface area is 210 Å². The predicted molar refractivity (Wildman–Crippen MR) is 129 cm³/mol. The van der Waals surface area contributed by atoms with Crippen LogP contribution in [0.15, 0.2) is 0 Å². The Morgan fingerprint density at radius 2 is 1.44 bits per heavy atom. The molecule has 0 aromatic rings. The first-order chi connectivity index (χ1) is 16.8. The smallest absolute Gasteiger partial charge is 0.326 e. The highest BCUT2D eigenvalue weighted by Gasteiger charge is 2.27. The molecule has 14 nitrogen and oxygen atoms in total. The molecule has 0 aliphatic rings. The summed E-state index contributed by atoms with van der Waals surface area (Å²) in [5, 5.41) is 27.6. The van der Waals surface area contributed by atoms with Crippen LogP contribution in [0.25, 0.3) is 0 Å². The van der Waals surface area contributed by atoms with Crippen LogP contribution in [0.2, 0.25) is 0 Å². The molecule has 206 valence electrons. The van der Waals surface area contributed by atoms with Crippen molar-refractivity contribution in [2.45, 2.75) is 83.5 Å². The topological polar surface area (TPSA) is 243 Å². The van der Waals surface area contributed by atoms with Gasteiger partial charge >= 0.3 is 11.9 Å². The summed E-state index contributed by atoms with van der Waals surface area (Å²) < 4.78 is 0. The van der Waals surface area contributed by atoms with E-state index in [1.165, 1.54) is 6.92 Å². The van der Waals surface area contributed by atoms with Gasteiger partial charge in [-0.05, 0) is 51.5 Å². The second-order valence-electron chi connectivity index (χ2n) is 8.92. The lowest BCUT2D eigenvalue weighted by molar-refractivity contribution is -0.142. The number of carboxylic acid groups (broad SMARTS) is 2. The van der Waals surface area contributed by atoms with Crippen LogP contribution in [-0.4, -0.2) is 83.0 Å². The average molecular weight is 517 g/mol. The second-order valence-corrected chi connectivity index (χ2v) is 8.92. The number of hydrogen-bond donors (Lipinski definition) is 8. The first-order valence-electron chi connectivity index (χ1n) is 11.9. The van der Waals surface area contributed by atoms with E-state index < -0.39 is 66.3 Å². The Morgan fingerprint density at radius 1 is 0.806 bits per heavy atom. The highest BCUT2D eigenvalue weighted by atomic mass is 16.4. The van der Waals surface area contributed by atoms with Crippen molar-refractivity contribution < 1.29 is 39.0 Å². The van der Waals surface area contributed by atoms with Gasteiger partial charge in [0, 0.05) is 6.42 Å². The van der Waals surface area contributed by atoms with E-state index >= 15 is 0 Å². The van der Waals surface area contributed by atoms with Crippen LogP contribution in [0.1, 0.15) is 59.3 Å². The maximum absolute atomic E-state index is 12.7. The van der Waals surface area contributed by atoms with Gasteiger partial charge in [-0.1, -0.05) is 13.8 Å². The predicted octanol–water partition coefficient (Wildman–Crippen LogP) is -1.97. The number of amides is 4. The van der Waals surface area contributed by atoms with Crippen molar-refractivity contribution in [1.82, 2.24) is 21.3 Å². The molecule has 0 spiro atoms. The number of unbranched alkanes of at least 4 members (excludes halogenated alkanes) is 1. The van der Waals surface area contributed by atoms with E-state index in [0.717, 1.165) is 0 Å². The van der Waals surface area contributed by atoms with Crippen LogP contribution in [-0.2, 0) is 28.8 Å². The van der Waals surface area contributed by atoms with E-state index in [-0.39, 0.29) is 31.6 Å². The fourth-order valence-electron chi connectivity index (χ4n) is 3.08. The van der Waals surface area contributed by atoms with Gasteiger partial charge in [-0.15, -0.1) is 0 Å². The van der Waals surface area contributed by atoms with Gasteiger partial charge < -0.3 is 42.9 Å². The van der Waals surface area contributed by atoms with Gasteiger partial charge in [0.25, 0.3) is 0 Å². The van der Waals surface area contributed by atoms with Crippen molar-refractivity contribution in [3.63, 3.8) is 0 Å². The Balaban J connectivity index is 4.91. The largest absolute Gasteiger partial charge is 0.481 e. The zero-order chi connectivity index (χ0) is 27.8. The molecule has 0 radical (unpaired) electrons. The van der Waals surface area contributed by atoms with Crippen LogP contribution in [0, 0.1) is 5.92 Å². The lowest BCUT2D eigenvalue weighted by atomic mass is 10.0. The summed E-state index contributed by atoms with van der Waals surface area (Å²) in [7, 11) is 0. The SMILES string of the molecule is CC(C)CC(NC(=O)C(C)NC(=O)C(N)CCC(=O)O)C(=O)NCC(=O)NC(CCCCN)C(=O)O. The third kappa shape index (κ3) is 14.2. The quantitative estimate of drug-likeness (QED) is 0.0934. The van der Waals surface area contributed by atoms with E-state index in [0.29, 0.717) is 19.4 Å². The van der Waals surface area contributed by atoms with Crippen LogP contribution in [0.5, 0.6) is 0 Å². The van der Waals surface area contributed by atoms with E-state index in [2.05, 4.69) is 21.3 Å². The second kappa shape index (κ2) is 17.2. The summed E-state index contributed by atoms with van der Waals surface area (Å²) in [6, 6.07) is -4.32. The van der Waals surface area contributed by atoms with Crippen molar-refractivity contribution in [2.24, 2.45) is 17.4 Å². The molecule has 4 amide bonds. The lowest BCUT2D eigenvalue weighted by Gasteiger charge is -2.23. The van der Waals surface area contributed by atoms with E-state index in [1.54, 1.807) is 0 Å². The molecular weight excluding hydrogens is 476 g/mol. The molecule has 0 rings (SSSR count). The average Bonchev–Trinajstić information content (AvgIpc) is 2.79. The van der Waals surface area contributed by atoms with E-state index in [1.807, 2.05) is 13.8 Å². The molecular formula is C22H40N6O8. The number of carbonyl (C=O) groups is 6. The molecule has 36 heavy (non-hydrogen) atoms. The monoisotopic (exact) mass is 516 g/mol. The van der Waals surface area contributed by atoms with Gasteiger partial charge in [0.1, 0.15) is 18.1 Å². The number of carbonyl (C=O) groups excluding carboxylic acids is 4. The molecule has 4 unspecified atom stereocenters. The van der Waals surface area contributed by atoms with Crippen LogP contribution >= 0.6 is 0 Å².